The van der Waals surface area contributed by atoms with E-state index in [1.54, 1.807) is 27.7 Å². The topological polar surface area (TPSA) is 134 Å². The van der Waals surface area contributed by atoms with Crippen molar-refractivity contribution in [3.8, 4) is 5.75 Å². The Morgan fingerprint density at radius 3 is 2.35 bits per heavy atom. The van der Waals surface area contributed by atoms with E-state index in [1.807, 2.05) is 0 Å². The Labute approximate surface area is 182 Å². The van der Waals surface area contributed by atoms with Crippen LogP contribution in [-0.2, 0) is 14.3 Å². The number of hydrogen-bond donors (Lipinski definition) is 1. The van der Waals surface area contributed by atoms with Gasteiger partial charge in [0.25, 0.3) is 11.6 Å². The van der Waals surface area contributed by atoms with Crippen LogP contribution in [0.5, 0.6) is 5.75 Å². The first-order chi connectivity index (χ1) is 14.6. The molecular weight excluding hydrogens is 428 g/mol. The second kappa shape index (κ2) is 10.5. The number of carbonyl (C=O) groups excluding carboxylic acids is 3. The highest BCUT2D eigenvalue weighted by molar-refractivity contribution is 7.18. The number of benzene rings is 1. The summed E-state index contributed by atoms with van der Waals surface area (Å²) in [5, 5.41) is 13.4. The highest BCUT2D eigenvalue weighted by Crippen LogP contribution is 2.34. The zero-order valence-electron chi connectivity index (χ0n) is 17.4. The minimum Gasteiger partial charge on any atom is -0.484 e. The maximum Gasteiger partial charge on any atom is 0.348 e. The zero-order valence-corrected chi connectivity index (χ0v) is 18.2. The van der Waals surface area contributed by atoms with Gasteiger partial charge >= 0.3 is 11.9 Å². The predicted octanol–water partition coefficient (Wildman–Crippen LogP) is 3.72. The fraction of sp³-hybridized carbons (Fsp3) is 0.350. The standard InChI is InChI=1S/C20H22N2O8S/c1-5-28-19(24)16-12(4)17(20(25)30-11(2)3)31-18(16)21-15(23)10-29-14-8-6-13(7-9-14)22(26)27/h6-9,11H,5,10H2,1-4H3,(H,21,23). The minimum atomic E-state index is -0.675. The molecule has 0 aliphatic rings. The van der Waals surface area contributed by atoms with E-state index in [0.717, 1.165) is 11.3 Å². The van der Waals surface area contributed by atoms with Crippen LogP contribution in [-0.4, -0.2) is 42.1 Å². The molecule has 166 valence electrons. The summed E-state index contributed by atoms with van der Waals surface area (Å²) in [6.07, 6.45) is -0.354. The number of esters is 2. The molecule has 1 amide bonds. The van der Waals surface area contributed by atoms with Gasteiger partial charge in [0.15, 0.2) is 6.61 Å². The summed E-state index contributed by atoms with van der Waals surface area (Å²) in [5.41, 5.74) is 0.317. The van der Waals surface area contributed by atoms with Gasteiger partial charge in [-0.15, -0.1) is 11.3 Å². The van der Waals surface area contributed by atoms with E-state index < -0.39 is 29.4 Å². The molecule has 1 N–H and O–H groups in total. The molecule has 1 aromatic carbocycles. The molecule has 0 atom stereocenters. The second-order valence-electron chi connectivity index (χ2n) is 6.52. The molecule has 0 fully saturated rings. The number of ether oxygens (including phenoxy) is 3. The third-order valence-electron chi connectivity index (χ3n) is 3.82. The van der Waals surface area contributed by atoms with Gasteiger partial charge in [-0.05, 0) is 45.4 Å². The Balaban J connectivity index is 2.17. The summed E-state index contributed by atoms with van der Waals surface area (Å²) in [4.78, 5) is 47.4. The van der Waals surface area contributed by atoms with Crippen LogP contribution >= 0.6 is 11.3 Å². The fourth-order valence-electron chi connectivity index (χ4n) is 2.49. The molecule has 0 aliphatic heterocycles. The van der Waals surface area contributed by atoms with E-state index in [2.05, 4.69) is 5.32 Å². The summed E-state index contributed by atoms with van der Waals surface area (Å²) in [6.45, 7) is 6.32. The number of nitrogens with zero attached hydrogens (tertiary/aromatic N) is 1. The third kappa shape index (κ3) is 6.25. The molecule has 0 aliphatic carbocycles. The minimum absolute atomic E-state index is 0.0752. The summed E-state index contributed by atoms with van der Waals surface area (Å²) in [5.74, 6) is -1.61. The van der Waals surface area contributed by atoms with Crippen LogP contribution in [0.25, 0.3) is 0 Å². The van der Waals surface area contributed by atoms with Crippen LogP contribution in [0.2, 0.25) is 0 Å². The van der Waals surface area contributed by atoms with Gasteiger partial charge in [0, 0.05) is 12.1 Å². The lowest BCUT2D eigenvalue weighted by atomic mass is 10.1. The monoisotopic (exact) mass is 450 g/mol. The lowest BCUT2D eigenvalue weighted by Crippen LogP contribution is -2.21. The van der Waals surface area contributed by atoms with E-state index in [-0.39, 0.29) is 39.6 Å². The molecule has 0 saturated carbocycles. The van der Waals surface area contributed by atoms with Crippen LogP contribution < -0.4 is 10.1 Å². The Kier molecular flexibility index (Phi) is 8.08. The second-order valence-corrected chi connectivity index (χ2v) is 7.54. The summed E-state index contributed by atoms with van der Waals surface area (Å²) in [6, 6.07) is 5.23. The van der Waals surface area contributed by atoms with Crippen LogP contribution in [0.1, 0.15) is 46.4 Å². The van der Waals surface area contributed by atoms with Crippen molar-refractivity contribution in [2.24, 2.45) is 0 Å². The van der Waals surface area contributed by atoms with Crippen molar-refractivity contribution in [2.45, 2.75) is 33.8 Å². The van der Waals surface area contributed by atoms with Gasteiger partial charge in [-0.25, -0.2) is 9.59 Å². The van der Waals surface area contributed by atoms with Gasteiger partial charge in [0.2, 0.25) is 0 Å². The van der Waals surface area contributed by atoms with Gasteiger partial charge in [-0.2, -0.15) is 0 Å². The number of hydrogen-bond acceptors (Lipinski definition) is 9. The lowest BCUT2D eigenvalue weighted by Gasteiger charge is -2.08. The number of rotatable bonds is 9. The molecule has 0 spiro atoms. The highest BCUT2D eigenvalue weighted by Gasteiger charge is 2.27. The molecule has 11 heteroatoms. The zero-order chi connectivity index (χ0) is 23.1. The van der Waals surface area contributed by atoms with Gasteiger partial charge in [-0.1, -0.05) is 0 Å². The largest absolute Gasteiger partial charge is 0.484 e. The third-order valence-corrected chi connectivity index (χ3v) is 5.01. The van der Waals surface area contributed by atoms with Gasteiger partial charge in [-0.3, -0.25) is 14.9 Å². The van der Waals surface area contributed by atoms with E-state index in [1.165, 1.54) is 24.3 Å². The van der Waals surface area contributed by atoms with E-state index in [9.17, 15) is 24.5 Å². The predicted molar refractivity (Wildman–Crippen MR) is 113 cm³/mol. The highest BCUT2D eigenvalue weighted by atomic mass is 32.1. The molecule has 0 unspecified atom stereocenters. The Morgan fingerprint density at radius 1 is 1.16 bits per heavy atom. The molecule has 2 aromatic rings. The molecular formula is C20H22N2O8S. The first-order valence-corrected chi connectivity index (χ1v) is 10.1. The summed E-state index contributed by atoms with van der Waals surface area (Å²) >= 11 is 0.908. The molecule has 2 rings (SSSR count). The first-order valence-electron chi connectivity index (χ1n) is 9.32. The maximum absolute atomic E-state index is 12.4. The Hall–Kier alpha value is -3.47. The van der Waals surface area contributed by atoms with Crippen LogP contribution in [0.15, 0.2) is 24.3 Å². The van der Waals surface area contributed by atoms with Gasteiger partial charge < -0.3 is 19.5 Å². The van der Waals surface area contributed by atoms with Crippen LogP contribution in [0, 0.1) is 17.0 Å². The molecule has 0 radical (unpaired) electrons. The number of amides is 1. The number of non-ortho nitro benzene ring substituents is 1. The van der Waals surface area contributed by atoms with Crippen molar-refractivity contribution < 1.29 is 33.5 Å². The molecule has 1 heterocycles. The van der Waals surface area contributed by atoms with E-state index in [0.29, 0.717) is 5.56 Å². The van der Waals surface area contributed by atoms with Gasteiger partial charge in [0.05, 0.1) is 23.2 Å². The maximum atomic E-state index is 12.4. The van der Waals surface area contributed by atoms with Crippen molar-refractivity contribution in [3.05, 3.63) is 50.4 Å². The Bertz CT molecular complexity index is 982. The fourth-order valence-corrected chi connectivity index (χ4v) is 3.58. The number of anilines is 1. The van der Waals surface area contributed by atoms with Crippen molar-refractivity contribution in [1.82, 2.24) is 0 Å². The molecule has 1 aromatic heterocycles. The molecule has 31 heavy (non-hydrogen) atoms. The van der Waals surface area contributed by atoms with Crippen LogP contribution in [0.4, 0.5) is 10.7 Å². The first kappa shape index (κ1) is 23.8. The SMILES string of the molecule is CCOC(=O)c1c(NC(=O)COc2ccc([N+](=O)[O-])cc2)sc(C(=O)OC(C)C)c1C. The quantitative estimate of drug-likeness (QED) is 0.347. The normalized spacial score (nSPS) is 10.5. The lowest BCUT2D eigenvalue weighted by molar-refractivity contribution is -0.384. The summed E-state index contributed by atoms with van der Waals surface area (Å²) < 4.78 is 15.6. The Morgan fingerprint density at radius 2 is 1.81 bits per heavy atom. The summed E-state index contributed by atoms with van der Waals surface area (Å²) in [7, 11) is 0. The van der Waals surface area contributed by atoms with Crippen molar-refractivity contribution in [1.29, 1.82) is 0 Å². The number of nitro benzene ring substituents is 1. The van der Waals surface area contributed by atoms with Gasteiger partial charge in [0.1, 0.15) is 15.6 Å². The number of nitro groups is 1. The van der Waals surface area contributed by atoms with Crippen LogP contribution in [0.3, 0.4) is 0 Å². The van der Waals surface area contributed by atoms with Crippen molar-refractivity contribution in [2.75, 3.05) is 18.5 Å². The molecule has 0 bridgehead atoms. The molecule has 0 saturated heterocycles. The molecule has 10 nitrogen and oxygen atoms in total. The number of carbonyl (C=O) groups is 3. The van der Waals surface area contributed by atoms with Crippen molar-refractivity contribution in [3.63, 3.8) is 0 Å². The smallest absolute Gasteiger partial charge is 0.348 e. The number of thiophene rings is 1. The van der Waals surface area contributed by atoms with E-state index in [4.69, 9.17) is 14.2 Å². The van der Waals surface area contributed by atoms with E-state index >= 15 is 0 Å². The average molecular weight is 450 g/mol. The number of nitrogens with one attached hydrogen (secondary N) is 1. The average Bonchev–Trinajstić information content (AvgIpc) is 3.02. The van der Waals surface area contributed by atoms with Crippen molar-refractivity contribution >= 4 is 39.9 Å².